The summed E-state index contributed by atoms with van der Waals surface area (Å²) in [5.74, 6) is 0.606. The van der Waals surface area contributed by atoms with E-state index in [0.29, 0.717) is 24.7 Å². The Labute approximate surface area is 165 Å². The van der Waals surface area contributed by atoms with Crippen LogP contribution in [0.4, 0.5) is 0 Å². The van der Waals surface area contributed by atoms with Gasteiger partial charge in [-0.2, -0.15) is 5.09 Å². The first-order valence-corrected chi connectivity index (χ1v) is 11.7. The molecule has 2 unspecified atom stereocenters. The first-order chi connectivity index (χ1) is 13.5. The van der Waals surface area contributed by atoms with Crippen molar-refractivity contribution in [2.24, 2.45) is 0 Å². The minimum Gasteiger partial charge on any atom is -0.461 e. The molecule has 4 rings (SSSR count). The quantitative estimate of drug-likeness (QED) is 0.481. The normalized spacial score (nSPS) is 25.5. The summed E-state index contributed by atoms with van der Waals surface area (Å²) in [6, 6.07) is 6.73. The van der Waals surface area contributed by atoms with E-state index in [9.17, 15) is 9.36 Å². The lowest BCUT2D eigenvalue weighted by Crippen LogP contribution is -2.39. The van der Waals surface area contributed by atoms with Crippen LogP contribution >= 0.6 is 7.75 Å². The average molecular weight is 409 g/mol. The van der Waals surface area contributed by atoms with E-state index < -0.39 is 26.0 Å². The van der Waals surface area contributed by atoms with Crippen LogP contribution in [-0.2, 0) is 23.4 Å². The van der Waals surface area contributed by atoms with Crippen LogP contribution in [0.3, 0.4) is 0 Å². The minimum absolute atomic E-state index is 0.0360. The lowest BCUT2D eigenvalue weighted by Gasteiger charge is -2.28. The molecule has 3 fully saturated rings. The van der Waals surface area contributed by atoms with E-state index in [0.717, 1.165) is 25.7 Å². The van der Waals surface area contributed by atoms with Crippen LogP contribution in [0.5, 0.6) is 5.75 Å². The van der Waals surface area contributed by atoms with Crippen molar-refractivity contribution in [2.75, 3.05) is 6.61 Å². The second-order valence-corrected chi connectivity index (χ2v) is 9.47. The van der Waals surface area contributed by atoms with Crippen molar-refractivity contribution >= 4 is 13.7 Å². The average Bonchev–Trinajstić information content (AvgIpc) is 3.36. The summed E-state index contributed by atoms with van der Waals surface area (Å²) in [4.78, 5) is 12.3. The molecule has 2 saturated carbocycles. The topological polar surface area (TPSA) is 83.1 Å². The van der Waals surface area contributed by atoms with E-state index in [-0.39, 0.29) is 6.10 Å². The number of ether oxygens (including phenoxy) is 2. The van der Waals surface area contributed by atoms with Gasteiger partial charge in [-0.15, -0.1) is 0 Å². The third-order valence-corrected chi connectivity index (χ3v) is 7.01. The molecule has 0 aromatic heterocycles. The molecule has 1 aliphatic heterocycles. The molecule has 7 nitrogen and oxygen atoms in total. The molecule has 0 radical (unpaired) electrons. The number of hydrogen-bond acceptors (Lipinski definition) is 6. The summed E-state index contributed by atoms with van der Waals surface area (Å²) in [6.45, 7) is 2.16. The van der Waals surface area contributed by atoms with Crippen molar-refractivity contribution in [3.8, 4) is 5.75 Å². The molecule has 1 saturated heterocycles. The monoisotopic (exact) mass is 409 g/mol. The van der Waals surface area contributed by atoms with Crippen LogP contribution in [0.1, 0.15) is 63.4 Å². The lowest BCUT2D eigenvalue weighted by atomic mass is 9.96. The van der Waals surface area contributed by atoms with Crippen LogP contribution in [0.25, 0.3) is 0 Å². The van der Waals surface area contributed by atoms with Crippen LogP contribution < -0.4 is 9.61 Å². The molecule has 1 aromatic rings. The largest absolute Gasteiger partial charge is 0.461 e. The van der Waals surface area contributed by atoms with Crippen molar-refractivity contribution in [2.45, 2.75) is 76.2 Å². The maximum absolute atomic E-state index is 13.4. The van der Waals surface area contributed by atoms with E-state index in [1.54, 1.807) is 19.1 Å². The van der Waals surface area contributed by atoms with E-state index >= 15 is 0 Å². The van der Waals surface area contributed by atoms with Gasteiger partial charge in [0, 0.05) is 13.0 Å². The van der Waals surface area contributed by atoms with Crippen LogP contribution in [0.2, 0.25) is 0 Å². The highest BCUT2D eigenvalue weighted by Gasteiger charge is 2.37. The second-order valence-electron chi connectivity index (χ2n) is 7.82. The second kappa shape index (κ2) is 8.54. The minimum atomic E-state index is -3.83. The summed E-state index contributed by atoms with van der Waals surface area (Å²) >= 11 is 0. The van der Waals surface area contributed by atoms with Gasteiger partial charge in [0.15, 0.2) is 6.29 Å². The Balaban J connectivity index is 1.42. The maximum Gasteiger partial charge on any atom is 0.461 e. The Kier molecular flexibility index (Phi) is 6.07. The molecule has 3 aliphatic rings. The van der Waals surface area contributed by atoms with Gasteiger partial charge in [-0.3, -0.25) is 9.32 Å². The summed E-state index contributed by atoms with van der Waals surface area (Å²) in [5.41, 5.74) is 1.26. The number of rotatable bonds is 9. The number of benzene rings is 1. The zero-order chi connectivity index (χ0) is 19.6. The number of hydrogen-bond donors (Lipinski definition) is 1. The maximum atomic E-state index is 13.4. The van der Waals surface area contributed by atoms with Gasteiger partial charge in [0.2, 0.25) is 0 Å². The van der Waals surface area contributed by atoms with Crippen LogP contribution in [-0.4, -0.2) is 31.0 Å². The first kappa shape index (κ1) is 19.9. The molecule has 0 spiro atoms. The fraction of sp³-hybridized carbons (Fsp3) is 0.650. The van der Waals surface area contributed by atoms with Crippen molar-refractivity contribution in [1.82, 2.24) is 5.09 Å². The Morgan fingerprint density at radius 2 is 1.89 bits per heavy atom. The molecule has 1 aromatic carbocycles. The Bertz CT molecular complexity index is 725. The summed E-state index contributed by atoms with van der Waals surface area (Å²) in [5, 5.41) is 2.73. The Morgan fingerprint density at radius 1 is 1.14 bits per heavy atom. The van der Waals surface area contributed by atoms with E-state index in [4.69, 9.17) is 18.5 Å². The van der Waals surface area contributed by atoms with Gasteiger partial charge in [-0.25, -0.2) is 4.57 Å². The molecular formula is C20H28NO6P. The van der Waals surface area contributed by atoms with Crippen LogP contribution in [0.15, 0.2) is 24.3 Å². The molecular weight excluding hydrogens is 381 g/mol. The number of carbonyl (C=O) groups excluding carboxylic acids is 1. The number of esters is 1. The standard InChI is InChI=1S/C20H28NO6P/c1-14(20(22)25-17-4-2-5-17)21-28(23,27-19-6-3-13-24-19)26-18-11-9-16(10-12-18)15-7-8-15/h9-12,14-15,17,19H,2-8,13H2,1H3,(H,21,23)/t14-,19?,28?/m0/s1. The molecule has 0 bridgehead atoms. The van der Waals surface area contributed by atoms with Gasteiger partial charge in [0.05, 0.1) is 0 Å². The third kappa shape index (κ3) is 5.15. The first-order valence-electron chi connectivity index (χ1n) is 10.2. The van der Waals surface area contributed by atoms with Gasteiger partial charge in [-0.05, 0) is 69.1 Å². The molecule has 8 heteroatoms. The molecule has 1 heterocycles. The fourth-order valence-electron chi connectivity index (χ4n) is 3.27. The highest BCUT2D eigenvalue weighted by atomic mass is 31.2. The predicted molar refractivity (Wildman–Crippen MR) is 103 cm³/mol. The summed E-state index contributed by atoms with van der Waals surface area (Å²) in [7, 11) is -3.83. The molecule has 1 N–H and O–H groups in total. The number of carbonyl (C=O) groups is 1. The Hall–Kier alpha value is -1.40. The van der Waals surface area contributed by atoms with Gasteiger partial charge >= 0.3 is 13.7 Å². The number of nitrogens with one attached hydrogen (secondary N) is 1. The van der Waals surface area contributed by atoms with Crippen molar-refractivity contribution in [1.29, 1.82) is 0 Å². The van der Waals surface area contributed by atoms with Gasteiger partial charge < -0.3 is 14.0 Å². The van der Waals surface area contributed by atoms with E-state index in [1.807, 2.05) is 12.1 Å². The van der Waals surface area contributed by atoms with Crippen molar-refractivity contribution in [3.05, 3.63) is 29.8 Å². The van der Waals surface area contributed by atoms with Crippen LogP contribution in [0, 0.1) is 0 Å². The molecule has 154 valence electrons. The molecule has 3 atom stereocenters. The summed E-state index contributed by atoms with van der Waals surface area (Å²) in [6.07, 6.45) is 6.08. The Morgan fingerprint density at radius 3 is 2.46 bits per heavy atom. The molecule has 28 heavy (non-hydrogen) atoms. The summed E-state index contributed by atoms with van der Waals surface area (Å²) < 4.78 is 35.6. The van der Waals surface area contributed by atoms with E-state index in [2.05, 4.69) is 5.09 Å². The zero-order valence-corrected chi connectivity index (χ0v) is 17.1. The highest BCUT2D eigenvalue weighted by molar-refractivity contribution is 7.52. The zero-order valence-electron chi connectivity index (χ0n) is 16.2. The van der Waals surface area contributed by atoms with Crippen molar-refractivity contribution in [3.63, 3.8) is 0 Å². The molecule has 0 amide bonds. The highest BCUT2D eigenvalue weighted by Crippen LogP contribution is 2.48. The molecule has 2 aliphatic carbocycles. The fourth-order valence-corrected chi connectivity index (χ4v) is 4.88. The van der Waals surface area contributed by atoms with Gasteiger partial charge in [0.1, 0.15) is 17.9 Å². The smallest absolute Gasteiger partial charge is 0.461 e. The third-order valence-electron chi connectivity index (χ3n) is 5.34. The predicted octanol–water partition coefficient (Wildman–Crippen LogP) is 4.28. The van der Waals surface area contributed by atoms with E-state index in [1.165, 1.54) is 18.4 Å². The SMILES string of the molecule is C[C@H](NP(=O)(Oc1ccc(C2CC2)cc1)OC1CCCO1)C(=O)OC1CCC1. The van der Waals surface area contributed by atoms with Crippen molar-refractivity contribution < 1.29 is 27.9 Å². The lowest BCUT2D eigenvalue weighted by molar-refractivity contribution is -0.154. The van der Waals surface area contributed by atoms with Gasteiger partial charge in [-0.1, -0.05) is 12.1 Å². The van der Waals surface area contributed by atoms with Gasteiger partial charge in [0.25, 0.3) is 0 Å².